The number of carbonyl (C=O) groups is 1. The van der Waals surface area contributed by atoms with Crippen molar-refractivity contribution in [1.82, 2.24) is 0 Å². The number of sulfone groups is 1. The van der Waals surface area contributed by atoms with Crippen molar-refractivity contribution in [2.75, 3.05) is 11.6 Å². The van der Waals surface area contributed by atoms with E-state index in [4.69, 9.17) is 23.2 Å². The fourth-order valence-corrected chi connectivity index (χ4v) is 2.75. The van der Waals surface area contributed by atoms with Gasteiger partial charge in [-0.05, 0) is 36.4 Å². The van der Waals surface area contributed by atoms with E-state index in [1.165, 1.54) is 24.3 Å². The molecule has 0 saturated carbocycles. The molecule has 2 aromatic carbocycles. The predicted octanol–water partition coefficient (Wildman–Crippen LogP) is 3.79. The second-order valence-electron chi connectivity index (χ2n) is 4.49. The maximum absolute atomic E-state index is 13.0. The Morgan fingerprint density at radius 3 is 2.36 bits per heavy atom. The number of anilines is 1. The minimum absolute atomic E-state index is 0.0174. The van der Waals surface area contributed by atoms with E-state index in [1.54, 1.807) is 0 Å². The second-order valence-corrected chi connectivity index (χ2v) is 7.32. The molecule has 0 aliphatic carbocycles. The van der Waals surface area contributed by atoms with Gasteiger partial charge in [-0.3, -0.25) is 4.79 Å². The fraction of sp³-hybridized carbons (Fsp3) is 0.0714. The molecule has 0 fully saturated rings. The Kier molecular flexibility index (Phi) is 4.75. The van der Waals surface area contributed by atoms with E-state index in [2.05, 4.69) is 5.32 Å². The number of nitrogens with one attached hydrogen (secondary N) is 1. The number of rotatable bonds is 3. The summed E-state index contributed by atoms with van der Waals surface area (Å²) in [6.07, 6.45) is 1.02. The summed E-state index contributed by atoms with van der Waals surface area (Å²) in [4.78, 5) is 12.2. The minimum atomic E-state index is -3.48. The first-order chi connectivity index (χ1) is 10.2. The van der Waals surface area contributed by atoms with Crippen LogP contribution in [0.15, 0.2) is 41.3 Å². The third-order valence-electron chi connectivity index (χ3n) is 2.79. The van der Waals surface area contributed by atoms with Crippen molar-refractivity contribution in [3.05, 3.63) is 57.8 Å². The lowest BCUT2D eigenvalue weighted by molar-refractivity contribution is 0.102. The lowest BCUT2D eigenvalue weighted by Crippen LogP contribution is -2.14. The van der Waals surface area contributed by atoms with Gasteiger partial charge in [0.25, 0.3) is 5.91 Å². The Bertz CT molecular complexity index is 853. The van der Waals surface area contributed by atoms with Gasteiger partial charge in [0.15, 0.2) is 9.84 Å². The molecule has 0 aromatic heterocycles. The van der Waals surface area contributed by atoms with Gasteiger partial charge in [-0.2, -0.15) is 0 Å². The van der Waals surface area contributed by atoms with Crippen LogP contribution in [0.4, 0.5) is 10.1 Å². The molecule has 0 spiro atoms. The number of benzene rings is 2. The van der Waals surface area contributed by atoms with Crippen LogP contribution in [0.1, 0.15) is 10.4 Å². The van der Waals surface area contributed by atoms with Gasteiger partial charge in [-0.25, -0.2) is 12.8 Å². The van der Waals surface area contributed by atoms with Gasteiger partial charge in [0.05, 0.1) is 26.2 Å². The zero-order chi connectivity index (χ0) is 16.5. The molecule has 22 heavy (non-hydrogen) atoms. The molecule has 2 rings (SSSR count). The van der Waals surface area contributed by atoms with E-state index < -0.39 is 21.6 Å². The Hall–Kier alpha value is -1.63. The van der Waals surface area contributed by atoms with Crippen LogP contribution in [0.5, 0.6) is 0 Å². The van der Waals surface area contributed by atoms with Crippen molar-refractivity contribution >= 4 is 44.6 Å². The van der Waals surface area contributed by atoms with Crippen LogP contribution < -0.4 is 5.32 Å². The molecule has 0 radical (unpaired) electrons. The van der Waals surface area contributed by atoms with E-state index in [0.29, 0.717) is 0 Å². The van der Waals surface area contributed by atoms with Crippen LogP contribution >= 0.6 is 23.2 Å². The van der Waals surface area contributed by atoms with Crippen molar-refractivity contribution in [2.24, 2.45) is 0 Å². The van der Waals surface area contributed by atoms with Gasteiger partial charge in [-0.15, -0.1) is 0 Å². The second kappa shape index (κ2) is 6.24. The molecule has 0 aliphatic heterocycles. The minimum Gasteiger partial charge on any atom is -0.321 e. The van der Waals surface area contributed by atoms with Crippen molar-refractivity contribution in [3.63, 3.8) is 0 Å². The van der Waals surface area contributed by atoms with Crippen LogP contribution in [0.25, 0.3) is 0 Å². The topological polar surface area (TPSA) is 63.2 Å². The molecule has 116 valence electrons. The summed E-state index contributed by atoms with van der Waals surface area (Å²) < 4.78 is 36.0. The molecule has 2 aromatic rings. The summed E-state index contributed by atoms with van der Waals surface area (Å²) in [6, 6.07) is 7.27. The largest absolute Gasteiger partial charge is 0.321 e. The first kappa shape index (κ1) is 16.7. The number of amides is 1. The highest BCUT2D eigenvalue weighted by Crippen LogP contribution is 2.25. The predicted molar refractivity (Wildman–Crippen MR) is 83.9 cm³/mol. The highest BCUT2D eigenvalue weighted by Gasteiger charge is 2.16. The third kappa shape index (κ3) is 3.76. The Morgan fingerprint density at radius 1 is 1.09 bits per heavy atom. The Morgan fingerprint density at radius 2 is 1.77 bits per heavy atom. The molecule has 0 heterocycles. The smallest absolute Gasteiger partial charge is 0.257 e. The van der Waals surface area contributed by atoms with Gasteiger partial charge in [0, 0.05) is 6.26 Å². The first-order valence-electron chi connectivity index (χ1n) is 5.94. The Labute approximate surface area is 136 Å². The zero-order valence-corrected chi connectivity index (χ0v) is 13.6. The van der Waals surface area contributed by atoms with Crippen LogP contribution in [-0.2, 0) is 9.84 Å². The van der Waals surface area contributed by atoms with Crippen LogP contribution in [0.3, 0.4) is 0 Å². The third-order valence-corrected chi connectivity index (χ3v) is 4.54. The van der Waals surface area contributed by atoms with Crippen LogP contribution in [0, 0.1) is 5.82 Å². The molecule has 0 bridgehead atoms. The van der Waals surface area contributed by atoms with Crippen molar-refractivity contribution in [2.45, 2.75) is 4.90 Å². The van der Waals surface area contributed by atoms with E-state index in [1.807, 2.05) is 0 Å². The molecule has 0 unspecified atom stereocenters. The van der Waals surface area contributed by atoms with E-state index >= 15 is 0 Å². The van der Waals surface area contributed by atoms with Crippen molar-refractivity contribution < 1.29 is 17.6 Å². The number of carbonyl (C=O) groups excluding carboxylic acids is 1. The quantitative estimate of drug-likeness (QED) is 0.904. The standard InChI is InChI=1S/C14H10Cl2FNO3S/c1-22(20,21)9-3-4-11(15)10(7-9)14(19)18-13-5-2-8(17)6-12(13)16/h2-7H,1H3,(H,18,19). The summed E-state index contributed by atoms with van der Waals surface area (Å²) in [5.41, 5.74) is 0.166. The highest BCUT2D eigenvalue weighted by molar-refractivity contribution is 7.90. The monoisotopic (exact) mass is 361 g/mol. The van der Waals surface area contributed by atoms with Crippen LogP contribution in [0.2, 0.25) is 10.0 Å². The summed E-state index contributed by atoms with van der Waals surface area (Å²) in [5.74, 6) is -1.19. The van der Waals surface area contributed by atoms with Crippen molar-refractivity contribution in [3.8, 4) is 0 Å². The number of hydrogen-bond donors (Lipinski definition) is 1. The number of hydrogen-bond acceptors (Lipinski definition) is 3. The molecular weight excluding hydrogens is 352 g/mol. The summed E-state index contributed by atoms with van der Waals surface area (Å²) in [7, 11) is -3.48. The molecule has 8 heteroatoms. The van der Waals surface area contributed by atoms with E-state index in [9.17, 15) is 17.6 Å². The SMILES string of the molecule is CS(=O)(=O)c1ccc(Cl)c(C(=O)Nc2ccc(F)cc2Cl)c1. The lowest BCUT2D eigenvalue weighted by atomic mass is 10.2. The van der Waals surface area contributed by atoms with Gasteiger partial charge in [-0.1, -0.05) is 23.2 Å². The van der Waals surface area contributed by atoms with Gasteiger partial charge >= 0.3 is 0 Å². The van der Waals surface area contributed by atoms with Gasteiger partial charge < -0.3 is 5.32 Å². The average Bonchev–Trinajstić information content (AvgIpc) is 2.41. The normalized spacial score (nSPS) is 11.3. The molecule has 0 saturated heterocycles. The first-order valence-corrected chi connectivity index (χ1v) is 8.59. The van der Waals surface area contributed by atoms with Crippen molar-refractivity contribution in [1.29, 1.82) is 0 Å². The highest BCUT2D eigenvalue weighted by atomic mass is 35.5. The molecule has 4 nitrogen and oxygen atoms in total. The molecular formula is C14H10Cl2FNO3S. The van der Waals surface area contributed by atoms with Crippen LogP contribution in [-0.4, -0.2) is 20.6 Å². The summed E-state index contributed by atoms with van der Waals surface area (Å²) in [6.45, 7) is 0. The zero-order valence-electron chi connectivity index (χ0n) is 11.2. The molecule has 0 atom stereocenters. The summed E-state index contributed by atoms with van der Waals surface area (Å²) >= 11 is 11.7. The number of halogens is 3. The maximum atomic E-state index is 13.0. The van der Waals surface area contributed by atoms with Gasteiger partial charge in [0.2, 0.25) is 0 Å². The Balaban J connectivity index is 2.37. The lowest BCUT2D eigenvalue weighted by Gasteiger charge is -2.09. The molecule has 0 aliphatic rings. The fourth-order valence-electron chi connectivity index (χ4n) is 1.69. The maximum Gasteiger partial charge on any atom is 0.257 e. The summed E-state index contributed by atoms with van der Waals surface area (Å²) in [5, 5.41) is 2.56. The van der Waals surface area contributed by atoms with E-state index in [-0.39, 0.29) is 26.2 Å². The average molecular weight is 362 g/mol. The van der Waals surface area contributed by atoms with E-state index in [0.717, 1.165) is 18.4 Å². The molecule has 1 N–H and O–H groups in total. The van der Waals surface area contributed by atoms with Gasteiger partial charge in [0.1, 0.15) is 5.82 Å². The molecule has 1 amide bonds.